The highest BCUT2D eigenvalue weighted by Crippen LogP contribution is 2.41. The molecule has 1 saturated carbocycles. The van der Waals surface area contributed by atoms with E-state index in [2.05, 4.69) is 152 Å². The van der Waals surface area contributed by atoms with Crippen LogP contribution in [0, 0.1) is 39.9 Å². The summed E-state index contributed by atoms with van der Waals surface area (Å²) in [4.78, 5) is 7.57. The fraction of sp³-hybridized carbons (Fsp3) is 1.00. The van der Waals surface area contributed by atoms with Crippen molar-refractivity contribution in [2.45, 2.75) is 193 Å². The van der Waals surface area contributed by atoms with Gasteiger partial charge in [0.15, 0.2) is 0 Å². The minimum atomic E-state index is 0.323. The highest BCUT2D eigenvalue weighted by molar-refractivity contribution is 4.94. The Kier molecular flexibility index (Phi) is 19.8. The number of hydrogen-bond donors (Lipinski definition) is 1. The molecule has 0 amide bonds. The van der Waals surface area contributed by atoms with Crippen LogP contribution in [-0.2, 0) is 4.74 Å². The van der Waals surface area contributed by atoms with E-state index in [9.17, 15) is 0 Å². The van der Waals surface area contributed by atoms with Crippen molar-refractivity contribution in [1.82, 2.24) is 20.0 Å². The number of hydrogen-bond acceptors (Lipinski definition) is 5. The van der Waals surface area contributed by atoms with Gasteiger partial charge in [-0.1, -0.05) is 75.7 Å². The molecule has 51 heavy (non-hydrogen) atoms. The van der Waals surface area contributed by atoms with Crippen LogP contribution in [0.1, 0.15) is 176 Å². The van der Waals surface area contributed by atoms with Crippen molar-refractivity contribution in [3.63, 3.8) is 0 Å². The third kappa shape index (κ3) is 20.3. The van der Waals surface area contributed by atoms with Gasteiger partial charge in [-0.3, -0.25) is 14.7 Å². The molecule has 5 rings (SSSR count). The monoisotopic (exact) mass is 721 g/mol. The van der Waals surface area contributed by atoms with Crippen LogP contribution in [0.25, 0.3) is 0 Å². The number of nitrogens with one attached hydrogen (secondary N) is 1. The Morgan fingerprint density at radius 3 is 1.16 bits per heavy atom. The Bertz CT molecular complexity index is 849. The summed E-state index contributed by atoms with van der Waals surface area (Å²) in [6.45, 7) is 55.6. The molecule has 4 heterocycles. The molecule has 1 N–H and O–H groups in total. The van der Waals surface area contributed by atoms with Gasteiger partial charge in [0.05, 0.1) is 13.2 Å². The molecular formula is C46H96N4O. The number of piperidine rings is 2. The quantitative estimate of drug-likeness (QED) is 0.269. The Morgan fingerprint density at radius 2 is 0.902 bits per heavy atom. The summed E-state index contributed by atoms with van der Waals surface area (Å²) in [7, 11) is 0. The predicted octanol–water partition coefficient (Wildman–Crippen LogP) is 11.3. The van der Waals surface area contributed by atoms with Crippen molar-refractivity contribution in [2.75, 3.05) is 65.6 Å². The van der Waals surface area contributed by atoms with E-state index in [1.165, 1.54) is 84.2 Å². The van der Waals surface area contributed by atoms with Crippen molar-refractivity contribution >= 4 is 0 Å². The van der Waals surface area contributed by atoms with Gasteiger partial charge in [-0.15, -0.1) is 0 Å². The first-order valence-electron chi connectivity index (χ1n) is 21.6. The van der Waals surface area contributed by atoms with Gasteiger partial charge in [0, 0.05) is 42.8 Å². The summed E-state index contributed by atoms with van der Waals surface area (Å²) in [5, 5.41) is 3.39. The maximum Gasteiger partial charge on any atom is 0.0594 e. The van der Waals surface area contributed by atoms with Crippen molar-refractivity contribution in [3.05, 3.63) is 0 Å². The number of morpholine rings is 1. The van der Waals surface area contributed by atoms with Gasteiger partial charge in [0.1, 0.15) is 0 Å². The van der Waals surface area contributed by atoms with E-state index in [0.717, 1.165) is 50.0 Å². The van der Waals surface area contributed by atoms with Crippen LogP contribution >= 0.6 is 0 Å². The molecule has 0 bridgehead atoms. The van der Waals surface area contributed by atoms with Crippen molar-refractivity contribution < 1.29 is 4.74 Å². The number of rotatable bonds is 0. The van der Waals surface area contributed by atoms with E-state index in [-0.39, 0.29) is 0 Å². The highest BCUT2D eigenvalue weighted by Gasteiger charge is 2.39. The molecule has 5 heteroatoms. The molecule has 2 unspecified atom stereocenters. The van der Waals surface area contributed by atoms with Crippen LogP contribution in [0.4, 0.5) is 0 Å². The Labute approximate surface area is 322 Å². The Morgan fingerprint density at radius 1 is 0.490 bits per heavy atom. The van der Waals surface area contributed by atoms with E-state index in [1.807, 2.05) is 0 Å². The molecular weight excluding hydrogens is 625 g/mol. The van der Waals surface area contributed by atoms with Crippen LogP contribution in [0.5, 0.6) is 0 Å². The second-order valence-corrected chi connectivity index (χ2v) is 23.2. The molecule has 0 radical (unpaired) electrons. The minimum Gasteiger partial charge on any atom is -0.379 e. The average molecular weight is 721 g/mol. The molecule has 4 saturated heterocycles. The molecule has 0 aromatic rings. The lowest BCUT2D eigenvalue weighted by molar-refractivity contribution is -0.0366. The van der Waals surface area contributed by atoms with Crippen LogP contribution in [-0.4, -0.2) is 96.9 Å². The summed E-state index contributed by atoms with van der Waals surface area (Å²) in [6, 6.07) is 0. The summed E-state index contributed by atoms with van der Waals surface area (Å²) < 4.78 is 5.25. The van der Waals surface area contributed by atoms with Crippen molar-refractivity contribution in [2.24, 2.45) is 39.9 Å². The van der Waals surface area contributed by atoms with Crippen LogP contribution in [0.3, 0.4) is 0 Å². The first-order chi connectivity index (χ1) is 23.0. The molecule has 306 valence electrons. The molecule has 5 nitrogen and oxygen atoms in total. The average Bonchev–Trinajstić information content (AvgIpc) is 3.44. The van der Waals surface area contributed by atoms with E-state index in [1.54, 1.807) is 0 Å². The Hall–Kier alpha value is -0.200. The summed E-state index contributed by atoms with van der Waals surface area (Å²) in [5.41, 5.74) is 2.76. The molecule has 0 aromatic heterocycles. The molecule has 5 aliphatic rings. The topological polar surface area (TPSA) is 31.0 Å². The van der Waals surface area contributed by atoms with Crippen LogP contribution in [0.15, 0.2) is 0 Å². The zero-order valence-corrected chi connectivity index (χ0v) is 38.6. The van der Waals surface area contributed by atoms with Gasteiger partial charge in [0.2, 0.25) is 0 Å². The van der Waals surface area contributed by atoms with Crippen LogP contribution in [0.2, 0.25) is 0 Å². The maximum atomic E-state index is 5.25. The third-order valence-electron chi connectivity index (χ3n) is 12.4. The normalized spacial score (nSPS) is 26.2. The fourth-order valence-electron chi connectivity index (χ4n) is 8.06. The minimum absolute atomic E-state index is 0.323. The van der Waals surface area contributed by atoms with E-state index >= 15 is 0 Å². The second kappa shape index (κ2) is 20.6. The second-order valence-electron chi connectivity index (χ2n) is 23.2. The Balaban J connectivity index is 0.000000319. The standard InChI is InChI=1S/C10H21N.C10H20.2C9H19N.C8H17NO/c1-9-5-7-11(8-6-9)10(2,3)4;1-8-5-6-9(7-8)10(2,3)4;1-8(2,3)10-6-9(4,5)7-10;1-9(2,3)8-4-6-10-7-5-8;1-8(2,3)9-4-6-10-7-5-9/h9H,5-8H2,1-4H3;8-9H,5-7H2,1-4H3;6-7H2,1-5H3;8,10H,4-7H2,1-3H3;4-7H2,1-3H3. The molecule has 2 atom stereocenters. The summed E-state index contributed by atoms with van der Waals surface area (Å²) in [6.07, 6.45) is 9.89. The highest BCUT2D eigenvalue weighted by atomic mass is 16.5. The fourth-order valence-corrected chi connectivity index (χ4v) is 8.06. The summed E-state index contributed by atoms with van der Waals surface area (Å²) >= 11 is 0. The number of likely N-dealkylation sites (tertiary alicyclic amines) is 2. The van der Waals surface area contributed by atoms with Gasteiger partial charge in [-0.25, -0.2) is 0 Å². The first-order valence-corrected chi connectivity index (χ1v) is 21.6. The molecule has 0 spiro atoms. The van der Waals surface area contributed by atoms with E-state index < -0.39 is 0 Å². The van der Waals surface area contributed by atoms with Crippen molar-refractivity contribution in [1.29, 1.82) is 0 Å². The number of ether oxygens (including phenoxy) is 1. The molecule has 1 aliphatic carbocycles. The predicted molar refractivity (Wildman–Crippen MR) is 228 cm³/mol. The van der Waals surface area contributed by atoms with Gasteiger partial charge >= 0.3 is 0 Å². The lowest BCUT2D eigenvalue weighted by atomic mass is 9.76. The molecule has 5 fully saturated rings. The van der Waals surface area contributed by atoms with Crippen LogP contribution < -0.4 is 5.32 Å². The van der Waals surface area contributed by atoms with Gasteiger partial charge in [-0.05, 0) is 167 Å². The first kappa shape index (κ1) is 48.8. The molecule has 4 aliphatic heterocycles. The van der Waals surface area contributed by atoms with Gasteiger partial charge < -0.3 is 10.1 Å². The lowest BCUT2D eigenvalue weighted by Gasteiger charge is -2.52. The van der Waals surface area contributed by atoms with Gasteiger partial charge in [0.25, 0.3) is 0 Å². The smallest absolute Gasteiger partial charge is 0.0594 e. The zero-order chi connectivity index (χ0) is 39.5. The zero-order valence-electron chi connectivity index (χ0n) is 38.6. The van der Waals surface area contributed by atoms with Crippen molar-refractivity contribution in [3.8, 4) is 0 Å². The lowest BCUT2D eigenvalue weighted by Crippen LogP contribution is -2.60. The molecule has 0 aromatic carbocycles. The number of nitrogens with zero attached hydrogens (tertiary/aromatic N) is 3. The van der Waals surface area contributed by atoms with E-state index in [4.69, 9.17) is 4.74 Å². The van der Waals surface area contributed by atoms with E-state index in [0.29, 0.717) is 32.9 Å². The SMILES string of the molecule is CC(C)(C)C1CCNCC1.CC(C)(C)N1CCOCC1.CC1(C)CN(C(C)(C)C)C1.CC1CCC(C(C)(C)C)C1.CC1CCN(C(C)(C)C)CC1. The largest absolute Gasteiger partial charge is 0.379 e. The van der Waals surface area contributed by atoms with Gasteiger partial charge in [-0.2, -0.15) is 0 Å². The summed E-state index contributed by atoms with van der Waals surface area (Å²) in [5.74, 6) is 3.87. The maximum absolute atomic E-state index is 5.25. The third-order valence-corrected chi connectivity index (χ3v) is 12.4.